The van der Waals surface area contributed by atoms with Gasteiger partial charge in [0.05, 0.1) is 11.7 Å². The number of nitriles is 1. The molecule has 11 heteroatoms. The number of anilines is 1. The molecule has 4 aromatic rings. The smallest absolute Gasteiger partial charge is 0.335 e. The SMILES string of the molecule is CN(C)C(C)(C)/C=C(/C#N)C(=O)N1CC[C@H]1Cn1c(=O)n(-c2ccc(Oc3ccccc3)cc2)c2c(N)ncnc21. The highest BCUT2D eigenvalue weighted by Gasteiger charge is 2.36. The number of benzene rings is 2. The van der Waals surface area contributed by atoms with Gasteiger partial charge in [-0.1, -0.05) is 18.2 Å². The van der Waals surface area contributed by atoms with Crippen molar-refractivity contribution < 1.29 is 9.53 Å². The fraction of sp³-hybridized carbons (Fsp3) is 0.300. The second kappa shape index (κ2) is 10.9. The number of carbonyl (C=O) groups is 1. The number of rotatable bonds is 8. The Morgan fingerprint density at radius 2 is 1.83 bits per heavy atom. The summed E-state index contributed by atoms with van der Waals surface area (Å²) < 4.78 is 8.88. The minimum atomic E-state index is -0.485. The predicted octanol–water partition coefficient (Wildman–Crippen LogP) is 3.35. The van der Waals surface area contributed by atoms with E-state index >= 15 is 0 Å². The molecule has 0 bridgehead atoms. The first-order chi connectivity index (χ1) is 19.6. The molecule has 0 unspecified atom stereocenters. The Kier molecular flexibility index (Phi) is 7.34. The molecule has 0 saturated carbocycles. The highest BCUT2D eigenvalue weighted by molar-refractivity contribution is 5.98. The molecule has 0 radical (unpaired) electrons. The maximum Gasteiger partial charge on any atom is 0.335 e. The molecule has 2 aromatic heterocycles. The van der Waals surface area contributed by atoms with Gasteiger partial charge in [0.15, 0.2) is 11.5 Å². The fourth-order valence-electron chi connectivity index (χ4n) is 4.68. The monoisotopic (exact) mass is 552 g/mol. The predicted molar refractivity (Wildman–Crippen MR) is 156 cm³/mol. The molecule has 2 N–H and O–H groups in total. The molecule has 1 fully saturated rings. The van der Waals surface area contributed by atoms with E-state index in [9.17, 15) is 14.9 Å². The number of nitrogens with two attached hydrogens (primary N) is 1. The quantitative estimate of drug-likeness (QED) is 0.260. The molecule has 11 nitrogen and oxygen atoms in total. The summed E-state index contributed by atoms with van der Waals surface area (Å²) in [7, 11) is 3.78. The van der Waals surface area contributed by atoms with Gasteiger partial charge in [-0.2, -0.15) is 5.26 Å². The lowest BCUT2D eigenvalue weighted by Gasteiger charge is -2.41. The molecule has 1 amide bonds. The molecule has 41 heavy (non-hydrogen) atoms. The number of amides is 1. The van der Waals surface area contributed by atoms with Crippen LogP contribution in [0.15, 0.2) is 77.4 Å². The van der Waals surface area contributed by atoms with E-state index in [4.69, 9.17) is 10.5 Å². The zero-order chi connectivity index (χ0) is 29.3. The Balaban J connectivity index is 1.45. The molecule has 5 rings (SSSR count). The van der Waals surface area contributed by atoms with E-state index in [-0.39, 0.29) is 35.6 Å². The zero-order valence-corrected chi connectivity index (χ0v) is 23.5. The maximum atomic E-state index is 13.8. The number of hydrogen-bond donors (Lipinski definition) is 1. The number of nitrogens with zero attached hydrogens (tertiary/aromatic N) is 7. The van der Waals surface area contributed by atoms with E-state index in [1.165, 1.54) is 15.5 Å². The molecule has 210 valence electrons. The molecule has 0 spiro atoms. The number of aromatic nitrogens is 4. The van der Waals surface area contributed by atoms with E-state index in [0.717, 1.165) is 0 Å². The van der Waals surface area contributed by atoms with Crippen LogP contribution in [0, 0.1) is 11.3 Å². The highest BCUT2D eigenvalue weighted by Crippen LogP contribution is 2.27. The molecule has 1 atom stereocenters. The summed E-state index contributed by atoms with van der Waals surface area (Å²) in [5.74, 6) is 1.13. The van der Waals surface area contributed by atoms with Gasteiger partial charge in [-0.05, 0) is 76.8 Å². The number of hydrogen-bond acceptors (Lipinski definition) is 8. The van der Waals surface area contributed by atoms with Crippen LogP contribution in [0.1, 0.15) is 20.3 Å². The fourth-order valence-corrected chi connectivity index (χ4v) is 4.68. The van der Waals surface area contributed by atoms with Gasteiger partial charge >= 0.3 is 5.69 Å². The first-order valence-electron chi connectivity index (χ1n) is 13.3. The largest absolute Gasteiger partial charge is 0.457 e. The molecule has 3 heterocycles. The molecular formula is C30H32N8O3. The summed E-state index contributed by atoms with van der Waals surface area (Å²) in [4.78, 5) is 39.2. The van der Waals surface area contributed by atoms with Crippen LogP contribution in [0.25, 0.3) is 16.9 Å². The van der Waals surface area contributed by atoms with E-state index in [2.05, 4.69) is 16.0 Å². The minimum Gasteiger partial charge on any atom is -0.457 e. The summed E-state index contributed by atoms with van der Waals surface area (Å²) in [5, 5.41) is 9.75. The summed E-state index contributed by atoms with van der Waals surface area (Å²) in [6.07, 6.45) is 3.69. The number of ether oxygens (including phenoxy) is 1. The van der Waals surface area contributed by atoms with Crippen molar-refractivity contribution in [3.8, 4) is 23.3 Å². The number of likely N-dealkylation sites (N-methyl/N-ethyl adjacent to an activating group) is 1. The first kappa shape index (κ1) is 27.6. The van der Waals surface area contributed by atoms with Gasteiger partial charge in [-0.25, -0.2) is 14.8 Å². The van der Waals surface area contributed by atoms with Gasteiger partial charge in [-0.15, -0.1) is 0 Å². The van der Waals surface area contributed by atoms with Crippen molar-refractivity contribution in [1.29, 1.82) is 5.26 Å². The van der Waals surface area contributed by atoms with Gasteiger partial charge < -0.3 is 20.3 Å². The average Bonchev–Trinajstić information content (AvgIpc) is 3.22. The van der Waals surface area contributed by atoms with Crippen LogP contribution in [-0.2, 0) is 11.3 Å². The molecule has 1 aliphatic heterocycles. The van der Waals surface area contributed by atoms with Crippen molar-refractivity contribution in [3.63, 3.8) is 0 Å². The lowest BCUT2D eigenvalue weighted by atomic mass is 9.97. The van der Waals surface area contributed by atoms with Crippen LogP contribution in [0.3, 0.4) is 0 Å². The average molecular weight is 553 g/mol. The third-order valence-corrected chi connectivity index (χ3v) is 7.61. The van der Waals surface area contributed by atoms with Crippen molar-refractivity contribution in [3.05, 3.63) is 83.1 Å². The Labute approximate surface area is 237 Å². The van der Waals surface area contributed by atoms with Gasteiger partial charge in [0, 0.05) is 18.6 Å². The number of likely N-dealkylation sites (tertiary alicyclic amines) is 1. The van der Waals surface area contributed by atoms with Gasteiger partial charge in [0.1, 0.15) is 35.0 Å². The number of nitrogen functional groups attached to an aromatic ring is 1. The number of carbonyl (C=O) groups excluding carboxylic acids is 1. The van der Waals surface area contributed by atoms with Crippen LogP contribution in [0.4, 0.5) is 5.82 Å². The molecule has 1 saturated heterocycles. The number of imidazole rings is 1. The summed E-state index contributed by atoms with van der Waals surface area (Å²) in [6.45, 7) is 4.57. The highest BCUT2D eigenvalue weighted by atomic mass is 16.5. The van der Waals surface area contributed by atoms with E-state index in [0.29, 0.717) is 41.3 Å². The molecule has 1 aliphatic rings. The molecule has 0 aliphatic carbocycles. The van der Waals surface area contributed by atoms with E-state index in [1.807, 2.05) is 63.2 Å². The van der Waals surface area contributed by atoms with Crippen LogP contribution >= 0.6 is 0 Å². The lowest BCUT2D eigenvalue weighted by Crippen LogP contribution is -2.54. The van der Waals surface area contributed by atoms with Gasteiger partial charge in [0.2, 0.25) is 0 Å². The van der Waals surface area contributed by atoms with Gasteiger partial charge in [0.25, 0.3) is 5.91 Å². The van der Waals surface area contributed by atoms with Crippen LogP contribution in [-0.4, -0.2) is 67.0 Å². The standard InChI is InChI=1S/C30H32N8O3/c1-30(2,35(3)4)16-20(17-31)28(39)36-15-14-22(36)18-37-27-25(26(32)33-19-34-27)38(29(37)40)21-10-12-24(13-11-21)41-23-8-6-5-7-9-23/h5-13,16,19,22H,14-15,18H2,1-4H3,(H2,32,33,34)/b20-16-/t22-/m0/s1. The van der Waals surface area contributed by atoms with Crippen molar-refractivity contribution in [2.24, 2.45) is 0 Å². The van der Waals surface area contributed by atoms with E-state index < -0.39 is 5.54 Å². The lowest BCUT2D eigenvalue weighted by molar-refractivity contribution is -0.134. The maximum absolute atomic E-state index is 13.8. The molecular weight excluding hydrogens is 520 g/mol. The normalized spacial score (nSPS) is 15.6. The minimum absolute atomic E-state index is 0.0764. The Morgan fingerprint density at radius 3 is 2.44 bits per heavy atom. The topological polar surface area (TPSA) is 135 Å². The Hall–Kier alpha value is -4.95. The summed E-state index contributed by atoms with van der Waals surface area (Å²) in [5.41, 5.74) is 6.81. The second-order valence-corrected chi connectivity index (χ2v) is 10.7. The zero-order valence-electron chi connectivity index (χ0n) is 23.5. The summed E-state index contributed by atoms with van der Waals surface area (Å²) >= 11 is 0. The Bertz CT molecular complexity index is 1710. The van der Waals surface area contributed by atoms with Gasteiger partial charge in [-0.3, -0.25) is 13.9 Å². The van der Waals surface area contributed by atoms with Crippen molar-refractivity contribution >= 4 is 22.9 Å². The Morgan fingerprint density at radius 1 is 1.15 bits per heavy atom. The third kappa shape index (κ3) is 5.29. The van der Waals surface area contributed by atoms with Crippen LogP contribution in [0.2, 0.25) is 0 Å². The first-order valence-corrected chi connectivity index (χ1v) is 13.3. The summed E-state index contributed by atoms with van der Waals surface area (Å²) in [6, 6.07) is 18.3. The van der Waals surface area contributed by atoms with Crippen LogP contribution < -0.4 is 16.2 Å². The van der Waals surface area contributed by atoms with Crippen molar-refractivity contribution in [2.45, 2.75) is 38.4 Å². The number of fused-ring (bicyclic) bond motifs is 1. The second-order valence-electron chi connectivity index (χ2n) is 10.7. The molecule has 2 aromatic carbocycles. The van der Waals surface area contributed by atoms with Crippen molar-refractivity contribution in [1.82, 2.24) is 28.9 Å². The van der Waals surface area contributed by atoms with Crippen LogP contribution in [0.5, 0.6) is 11.5 Å². The third-order valence-electron chi connectivity index (χ3n) is 7.61. The van der Waals surface area contributed by atoms with E-state index in [1.54, 1.807) is 35.2 Å². The van der Waals surface area contributed by atoms with Crippen molar-refractivity contribution in [2.75, 3.05) is 26.4 Å². The number of para-hydroxylation sites is 1.